The molecule has 0 aliphatic carbocycles. The molecule has 160 valence electrons. The Labute approximate surface area is 182 Å². The second kappa shape index (κ2) is 9.14. The Bertz CT molecular complexity index is 1090. The van der Waals surface area contributed by atoms with E-state index < -0.39 is 0 Å². The van der Waals surface area contributed by atoms with Crippen molar-refractivity contribution >= 4 is 5.91 Å². The summed E-state index contributed by atoms with van der Waals surface area (Å²) in [5, 5.41) is 4.94. The van der Waals surface area contributed by atoms with E-state index in [0.717, 1.165) is 40.4 Å². The zero-order chi connectivity index (χ0) is 21.8. The van der Waals surface area contributed by atoms with Gasteiger partial charge in [-0.2, -0.15) is 5.10 Å². The standard InChI is InChI=1S/C24H27N5O2/c1-27(2)14-6-9-22(30)28-15-16-29-20(17-28)23(18-10-12-25-13-11-18)24(26-29)19-7-4-5-8-21(19)31-3/h4-13H,14-17H2,1-3H3/b9-6+. The predicted octanol–water partition coefficient (Wildman–Crippen LogP) is 3.08. The molecule has 0 N–H and O–H groups in total. The average molecular weight is 418 g/mol. The van der Waals surface area contributed by atoms with Gasteiger partial charge in [0.25, 0.3) is 0 Å². The molecule has 2 aromatic heterocycles. The van der Waals surface area contributed by atoms with Gasteiger partial charge >= 0.3 is 0 Å². The summed E-state index contributed by atoms with van der Waals surface area (Å²) >= 11 is 0. The van der Waals surface area contributed by atoms with E-state index in [2.05, 4.69) is 4.98 Å². The summed E-state index contributed by atoms with van der Waals surface area (Å²) in [6.45, 7) is 2.51. The second-order valence-corrected chi connectivity index (χ2v) is 7.75. The molecule has 4 rings (SSSR count). The number of hydrogen-bond acceptors (Lipinski definition) is 5. The van der Waals surface area contributed by atoms with Crippen molar-refractivity contribution in [3.8, 4) is 28.1 Å². The number of hydrogen-bond donors (Lipinski definition) is 0. The van der Waals surface area contributed by atoms with Crippen molar-refractivity contribution in [2.75, 3.05) is 34.3 Å². The van der Waals surface area contributed by atoms with Crippen LogP contribution in [0.4, 0.5) is 0 Å². The van der Waals surface area contributed by atoms with E-state index in [9.17, 15) is 4.79 Å². The van der Waals surface area contributed by atoms with Crippen LogP contribution in [-0.2, 0) is 17.9 Å². The third-order valence-electron chi connectivity index (χ3n) is 5.35. The number of para-hydroxylation sites is 1. The first kappa shape index (κ1) is 20.8. The van der Waals surface area contributed by atoms with E-state index in [0.29, 0.717) is 19.6 Å². The highest BCUT2D eigenvalue weighted by Crippen LogP contribution is 2.39. The predicted molar refractivity (Wildman–Crippen MR) is 121 cm³/mol. The van der Waals surface area contributed by atoms with Crippen LogP contribution in [0.2, 0.25) is 0 Å². The van der Waals surface area contributed by atoms with Crippen LogP contribution in [0.3, 0.4) is 0 Å². The van der Waals surface area contributed by atoms with E-state index in [4.69, 9.17) is 9.84 Å². The van der Waals surface area contributed by atoms with Crippen LogP contribution in [0.5, 0.6) is 5.75 Å². The number of fused-ring (bicyclic) bond motifs is 1. The quantitative estimate of drug-likeness (QED) is 0.577. The number of pyridine rings is 1. The molecule has 3 aromatic rings. The number of ether oxygens (including phenoxy) is 1. The summed E-state index contributed by atoms with van der Waals surface area (Å²) in [5.74, 6) is 0.793. The molecule has 1 amide bonds. The van der Waals surface area contributed by atoms with Crippen LogP contribution in [0.25, 0.3) is 22.4 Å². The van der Waals surface area contributed by atoms with Gasteiger partial charge in [-0.15, -0.1) is 0 Å². The van der Waals surface area contributed by atoms with Crippen molar-refractivity contribution in [1.29, 1.82) is 0 Å². The monoisotopic (exact) mass is 417 g/mol. The molecular formula is C24H27N5O2. The molecule has 0 atom stereocenters. The lowest BCUT2D eigenvalue weighted by Crippen LogP contribution is -2.37. The van der Waals surface area contributed by atoms with Crippen molar-refractivity contribution in [2.45, 2.75) is 13.1 Å². The number of methoxy groups -OCH3 is 1. The van der Waals surface area contributed by atoms with Crippen LogP contribution in [0, 0.1) is 0 Å². The molecule has 31 heavy (non-hydrogen) atoms. The maximum Gasteiger partial charge on any atom is 0.246 e. The van der Waals surface area contributed by atoms with Gasteiger partial charge in [0.1, 0.15) is 11.4 Å². The van der Waals surface area contributed by atoms with Crippen LogP contribution in [0.15, 0.2) is 60.9 Å². The number of carbonyl (C=O) groups excluding carboxylic acids is 1. The van der Waals surface area contributed by atoms with E-state index >= 15 is 0 Å². The SMILES string of the molecule is COc1ccccc1-c1nn2c(c1-c1ccncc1)CN(C(=O)/C=C/CN(C)C)CC2. The summed E-state index contributed by atoms with van der Waals surface area (Å²) in [4.78, 5) is 20.8. The first-order valence-electron chi connectivity index (χ1n) is 10.3. The summed E-state index contributed by atoms with van der Waals surface area (Å²) in [5.41, 5.74) is 4.85. The molecule has 3 heterocycles. The third kappa shape index (κ3) is 4.36. The molecule has 0 bridgehead atoms. The van der Waals surface area contributed by atoms with Crippen LogP contribution < -0.4 is 4.74 Å². The van der Waals surface area contributed by atoms with E-state index in [1.165, 1.54) is 0 Å². The maximum atomic E-state index is 12.8. The third-order valence-corrected chi connectivity index (χ3v) is 5.35. The van der Waals surface area contributed by atoms with Crippen molar-refractivity contribution in [3.63, 3.8) is 0 Å². The lowest BCUT2D eigenvalue weighted by atomic mass is 9.98. The highest BCUT2D eigenvalue weighted by atomic mass is 16.5. The Kier molecular flexibility index (Phi) is 6.13. The number of amides is 1. The first-order valence-corrected chi connectivity index (χ1v) is 10.3. The molecule has 1 aromatic carbocycles. The second-order valence-electron chi connectivity index (χ2n) is 7.75. The van der Waals surface area contributed by atoms with Gasteiger partial charge in [0.15, 0.2) is 0 Å². The summed E-state index contributed by atoms with van der Waals surface area (Å²) in [6, 6.07) is 11.9. The lowest BCUT2D eigenvalue weighted by Gasteiger charge is -2.27. The van der Waals surface area contributed by atoms with Gasteiger partial charge in [-0.1, -0.05) is 18.2 Å². The Morgan fingerprint density at radius 2 is 1.94 bits per heavy atom. The van der Waals surface area contributed by atoms with Gasteiger partial charge in [-0.05, 0) is 43.9 Å². The lowest BCUT2D eigenvalue weighted by molar-refractivity contribution is -0.127. The van der Waals surface area contributed by atoms with Crippen molar-refractivity contribution < 1.29 is 9.53 Å². The van der Waals surface area contributed by atoms with Crippen LogP contribution in [-0.4, -0.2) is 64.8 Å². The van der Waals surface area contributed by atoms with Gasteiger partial charge in [0.05, 0.1) is 25.9 Å². The fraction of sp³-hybridized carbons (Fsp3) is 0.292. The molecular weight excluding hydrogens is 390 g/mol. The zero-order valence-electron chi connectivity index (χ0n) is 18.2. The molecule has 7 nitrogen and oxygen atoms in total. The Hall–Kier alpha value is -3.45. The molecule has 0 radical (unpaired) electrons. The van der Waals surface area contributed by atoms with Gasteiger partial charge in [0.2, 0.25) is 5.91 Å². The zero-order valence-corrected chi connectivity index (χ0v) is 18.2. The molecule has 0 spiro atoms. The molecule has 1 aliphatic heterocycles. The fourth-order valence-corrected chi connectivity index (χ4v) is 3.83. The highest BCUT2D eigenvalue weighted by molar-refractivity contribution is 5.89. The van der Waals surface area contributed by atoms with Crippen molar-refractivity contribution in [1.82, 2.24) is 24.6 Å². The molecule has 1 aliphatic rings. The molecule has 7 heteroatoms. The van der Waals surface area contributed by atoms with E-state index in [1.54, 1.807) is 25.6 Å². The van der Waals surface area contributed by atoms with E-state index in [1.807, 2.05) is 71.1 Å². The van der Waals surface area contributed by atoms with Gasteiger partial charge in [-0.3, -0.25) is 14.5 Å². The number of likely N-dealkylation sites (N-methyl/N-ethyl adjacent to an activating group) is 1. The number of aromatic nitrogens is 3. The Morgan fingerprint density at radius 1 is 1.16 bits per heavy atom. The normalized spacial score (nSPS) is 13.6. The molecule has 0 saturated carbocycles. The minimum atomic E-state index is 0.0221. The van der Waals surface area contributed by atoms with Crippen molar-refractivity contribution in [2.24, 2.45) is 0 Å². The van der Waals surface area contributed by atoms with Gasteiger partial charge < -0.3 is 14.5 Å². The van der Waals surface area contributed by atoms with Crippen LogP contribution >= 0.6 is 0 Å². The first-order chi connectivity index (χ1) is 15.1. The fourth-order valence-electron chi connectivity index (χ4n) is 3.83. The van der Waals surface area contributed by atoms with Crippen molar-refractivity contribution in [3.05, 3.63) is 66.6 Å². The number of benzene rings is 1. The van der Waals surface area contributed by atoms with Gasteiger partial charge in [0, 0.05) is 42.7 Å². The average Bonchev–Trinajstić information content (AvgIpc) is 3.17. The molecule has 0 unspecified atom stereocenters. The number of carbonyl (C=O) groups is 1. The largest absolute Gasteiger partial charge is 0.496 e. The van der Waals surface area contributed by atoms with Crippen LogP contribution in [0.1, 0.15) is 5.69 Å². The summed E-state index contributed by atoms with van der Waals surface area (Å²) in [6.07, 6.45) is 7.12. The molecule has 0 fully saturated rings. The smallest absolute Gasteiger partial charge is 0.246 e. The topological polar surface area (TPSA) is 63.5 Å². The van der Waals surface area contributed by atoms with Gasteiger partial charge in [-0.25, -0.2) is 0 Å². The molecule has 0 saturated heterocycles. The number of rotatable bonds is 6. The highest BCUT2D eigenvalue weighted by Gasteiger charge is 2.28. The Balaban J connectivity index is 1.75. The minimum absolute atomic E-state index is 0.0221. The Morgan fingerprint density at radius 3 is 2.68 bits per heavy atom. The number of nitrogens with zero attached hydrogens (tertiary/aromatic N) is 5. The minimum Gasteiger partial charge on any atom is -0.496 e. The summed E-state index contributed by atoms with van der Waals surface area (Å²) < 4.78 is 7.63. The summed E-state index contributed by atoms with van der Waals surface area (Å²) in [7, 11) is 5.63. The van der Waals surface area contributed by atoms with E-state index in [-0.39, 0.29) is 5.91 Å². The maximum absolute atomic E-state index is 12.8.